The fourth-order valence-corrected chi connectivity index (χ4v) is 2.53. The highest BCUT2D eigenvalue weighted by atomic mass is 16.4. The number of carboxylic acid groups (broad SMARTS) is 2. The Kier molecular flexibility index (Phi) is 7.96. The van der Waals surface area contributed by atoms with E-state index in [4.69, 9.17) is 31.3 Å². The zero-order valence-corrected chi connectivity index (χ0v) is 13.2. The Hall–Kier alpha value is -1.22. The van der Waals surface area contributed by atoms with Gasteiger partial charge in [0, 0.05) is 12.1 Å². The highest BCUT2D eigenvalue weighted by Gasteiger charge is 2.30. The van der Waals surface area contributed by atoms with Crippen LogP contribution in [0, 0.1) is 0 Å². The van der Waals surface area contributed by atoms with Crippen molar-refractivity contribution in [3.8, 4) is 0 Å². The van der Waals surface area contributed by atoms with Crippen molar-refractivity contribution in [2.75, 3.05) is 0 Å². The van der Waals surface area contributed by atoms with Crippen molar-refractivity contribution in [2.24, 2.45) is 11.5 Å². The van der Waals surface area contributed by atoms with Crippen LogP contribution in [0.4, 0.5) is 0 Å². The molecular formula is C14H28N2O6. The molecule has 2 saturated carbocycles. The molecule has 0 aromatic heterocycles. The van der Waals surface area contributed by atoms with Crippen LogP contribution in [0.5, 0.6) is 0 Å². The fraction of sp³-hybridized carbons (Fsp3) is 0.857. The van der Waals surface area contributed by atoms with Crippen molar-refractivity contribution in [1.82, 2.24) is 0 Å². The van der Waals surface area contributed by atoms with Gasteiger partial charge in [0.15, 0.2) is 0 Å². The Morgan fingerprint density at radius 2 is 1.14 bits per heavy atom. The van der Waals surface area contributed by atoms with Gasteiger partial charge in [-0.15, -0.1) is 0 Å². The van der Waals surface area contributed by atoms with Crippen LogP contribution in [0.2, 0.25) is 0 Å². The molecule has 8 heteroatoms. The average Bonchev–Trinajstić information content (AvgIpc) is 2.81. The molecule has 130 valence electrons. The SMILES string of the molecule is CC1(O)CCC(N)C1.CC1(O)CCC(N)C1.O=C(O)C(=O)O. The number of rotatable bonds is 0. The number of carboxylic acids is 2. The third-order valence-corrected chi connectivity index (χ3v) is 3.69. The minimum Gasteiger partial charge on any atom is -0.473 e. The van der Waals surface area contributed by atoms with E-state index in [0.29, 0.717) is 0 Å². The van der Waals surface area contributed by atoms with Crippen molar-refractivity contribution in [3.05, 3.63) is 0 Å². The maximum absolute atomic E-state index is 9.28. The molecule has 2 fully saturated rings. The van der Waals surface area contributed by atoms with Crippen LogP contribution in [-0.2, 0) is 9.59 Å². The molecule has 2 aliphatic carbocycles. The number of hydrogen-bond acceptors (Lipinski definition) is 6. The molecule has 0 aliphatic heterocycles. The molecule has 0 aromatic carbocycles. The zero-order chi connectivity index (χ0) is 17.6. The Labute approximate surface area is 130 Å². The van der Waals surface area contributed by atoms with Gasteiger partial charge in [-0.1, -0.05) is 0 Å². The second-order valence-corrected chi connectivity index (χ2v) is 6.61. The molecule has 0 spiro atoms. The number of carbonyl (C=O) groups is 2. The zero-order valence-electron chi connectivity index (χ0n) is 13.2. The summed E-state index contributed by atoms with van der Waals surface area (Å²) in [7, 11) is 0. The van der Waals surface area contributed by atoms with Crippen LogP contribution in [0.1, 0.15) is 52.4 Å². The molecule has 0 amide bonds. The first kappa shape index (κ1) is 20.8. The largest absolute Gasteiger partial charge is 0.473 e. The molecule has 8 nitrogen and oxygen atoms in total. The Balaban J connectivity index is 0.000000306. The van der Waals surface area contributed by atoms with E-state index in [-0.39, 0.29) is 12.1 Å². The fourth-order valence-electron chi connectivity index (χ4n) is 2.53. The summed E-state index contributed by atoms with van der Waals surface area (Å²) < 4.78 is 0. The molecule has 0 radical (unpaired) electrons. The first-order chi connectivity index (χ1) is 9.84. The summed E-state index contributed by atoms with van der Waals surface area (Å²) in [5.74, 6) is -3.65. The summed E-state index contributed by atoms with van der Waals surface area (Å²) in [4.78, 5) is 18.2. The van der Waals surface area contributed by atoms with Crippen LogP contribution in [-0.4, -0.2) is 55.7 Å². The molecule has 2 rings (SSSR count). The summed E-state index contributed by atoms with van der Waals surface area (Å²) in [6, 6.07) is 0.481. The Morgan fingerprint density at radius 1 is 0.864 bits per heavy atom. The summed E-state index contributed by atoms with van der Waals surface area (Å²) in [6.07, 6.45) is 5.24. The first-order valence-electron chi connectivity index (χ1n) is 7.27. The normalized spacial score (nSPS) is 36.6. The molecule has 8 N–H and O–H groups in total. The lowest BCUT2D eigenvalue weighted by Gasteiger charge is -2.13. The Bertz CT molecular complexity index is 348. The third kappa shape index (κ3) is 9.67. The van der Waals surface area contributed by atoms with E-state index in [0.717, 1.165) is 38.5 Å². The maximum Gasteiger partial charge on any atom is 0.414 e. The average molecular weight is 320 g/mol. The second-order valence-electron chi connectivity index (χ2n) is 6.61. The van der Waals surface area contributed by atoms with Crippen LogP contribution < -0.4 is 11.5 Å². The summed E-state index contributed by atoms with van der Waals surface area (Å²) in [5, 5.41) is 33.4. The minimum absolute atomic E-state index is 0.241. The van der Waals surface area contributed by atoms with E-state index < -0.39 is 23.1 Å². The lowest BCUT2D eigenvalue weighted by Crippen LogP contribution is -2.23. The maximum atomic E-state index is 9.28. The molecule has 4 atom stereocenters. The second kappa shape index (κ2) is 8.42. The summed E-state index contributed by atoms with van der Waals surface area (Å²) >= 11 is 0. The van der Waals surface area contributed by atoms with Crippen LogP contribution in [0.3, 0.4) is 0 Å². The van der Waals surface area contributed by atoms with E-state index in [1.165, 1.54) is 0 Å². The van der Waals surface area contributed by atoms with E-state index in [9.17, 15) is 10.2 Å². The molecule has 0 bridgehead atoms. The van der Waals surface area contributed by atoms with Gasteiger partial charge in [-0.3, -0.25) is 0 Å². The number of aliphatic hydroxyl groups is 2. The van der Waals surface area contributed by atoms with Crippen molar-refractivity contribution < 1.29 is 30.0 Å². The molecule has 2 aliphatic rings. The minimum atomic E-state index is -1.82. The smallest absolute Gasteiger partial charge is 0.414 e. The number of nitrogens with two attached hydrogens (primary N) is 2. The van der Waals surface area contributed by atoms with E-state index in [1.54, 1.807) is 0 Å². The van der Waals surface area contributed by atoms with Gasteiger partial charge in [-0.25, -0.2) is 9.59 Å². The lowest BCUT2D eigenvalue weighted by atomic mass is 10.1. The van der Waals surface area contributed by atoms with E-state index in [1.807, 2.05) is 13.8 Å². The van der Waals surface area contributed by atoms with Crippen LogP contribution in [0.15, 0.2) is 0 Å². The molecular weight excluding hydrogens is 292 g/mol. The number of aliphatic carboxylic acids is 2. The molecule has 0 heterocycles. The first-order valence-corrected chi connectivity index (χ1v) is 7.27. The lowest BCUT2D eigenvalue weighted by molar-refractivity contribution is -0.159. The van der Waals surface area contributed by atoms with Gasteiger partial charge >= 0.3 is 11.9 Å². The molecule has 0 aromatic rings. The Morgan fingerprint density at radius 3 is 1.18 bits per heavy atom. The van der Waals surface area contributed by atoms with Crippen molar-refractivity contribution in [3.63, 3.8) is 0 Å². The van der Waals surface area contributed by atoms with Gasteiger partial charge in [0.2, 0.25) is 0 Å². The van der Waals surface area contributed by atoms with Gasteiger partial charge in [0.1, 0.15) is 0 Å². The van der Waals surface area contributed by atoms with E-state index in [2.05, 4.69) is 0 Å². The predicted molar refractivity (Wildman–Crippen MR) is 80.2 cm³/mol. The summed E-state index contributed by atoms with van der Waals surface area (Å²) in [5.41, 5.74) is 10.2. The van der Waals surface area contributed by atoms with Gasteiger partial charge in [-0.05, 0) is 52.4 Å². The van der Waals surface area contributed by atoms with Crippen molar-refractivity contribution in [2.45, 2.75) is 75.7 Å². The van der Waals surface area contributed by atoms with Crippen molar-refractivity contribution in [1.29, 1.82) is 0 Å². The van der Waals surface area contributed by atoms with Gasteiger partial charge in [0.05, 0.1) is 11.2 Å². The highest BCUT2D eigenvalue weighted by molar-refractivity contribution is 6.27. The van der Waals surface area contributed by atoms with Gasteiger partial charge in [0.25, 0.3) is 0 Å². The standard InChI is InChI=1S/2C6H13NO.C2H2O4/c2*1-6(8)3-2-5(7)4-6;3-1(4)2(5)6/h2*5,8H,2-4,7H2,1H3;(H,3,4)(H,5,6). The monoisotopic (exact) mass is 320 g/mol. The van der Waals surface area contributed by atoms with Crippen LogP contribution >= 0.6 is 0 Å². The quantitative estimate of drug-likeness (QED) is 0.329. The third-order valence-electron chi connectivity index (χ3n) is 3.69. The molecule has 0 saturated heterocycles. The summed E-state index contributed by atoms with van der Waals surface area (Å²) in [6.45, 7) is 3.69. The van der Waals surface area contributed by atoms with Crippen LogP contribution in [0.25, 0.3) is 0 Å². The molecule has 4 unspecified atom stereocenters. The van der Waals surface area contributed by atoms with Crippen molar-refractivity contribution >= 4 is 11.9 Å². The van der Waals surface area contributed by atoms with Gasteiger partial charge in [-0.2, -0.15) is 0 Å². The number of hydrogen-bond donors (Lipinski definition) is 6. The topological polar surface area (TPSA) is 167 Å². The predicted octanol–water partition coefficient (Wildman–Crippen LogP) is -0.347. The molecule has 22 heavy (non-hydrogen) atoms. The highest BCUT2D eigenvalue weighted by Crippen LogP contribution is 2.28. The van der Waals surface area contributed by atoms with E-state index >= 15 is 0 Å². The van der Waals surface area contributed by atoms with Gasteiger partial charge < -0.3 is 31.9 Å².